The Morgan fingerprint density at radius 3 is 1.14 bits per heavy atom. The Balaban J connectivity index is 0.931. The van der Waals surface area contributed by atoms with E-state index in [1.54, 1.807) is 72.8 Å². The molecule has 7 aromatic rings. The molecular weight excluding hydrogens is 902 g/mol. The molecule has 0 amide bonds. The third-order valence-electron chi connectivity index (χ3n) is 10.4. The maximum atomic E-state index is 13.7. The van der Waals surface area contributed by atoms with Gasteiger partial charge in [-0.25, -0.2) is 0 Å². The molecule has 1 aromatic heterocycles. The molecule has 9 rings (SSSR count). The first kappa shape index (κ1) is 42.5. The number of carbonyl (C=O) groups is 4. The average molecular weight is 932 g/mol. The van der Waals surface area contributed by atoms with Crippen molar-refractivity contribution >= 4 is 113 Å². The molecule has 0 unspecified atom stereocenters. The van der Waals surface area contributed by atoms with Crippen molar-refractivity contribution in [3.05, 3.63) is 159 Å². The Bertz CT molecular complexity index is 3350. The van der Waals surface area contributed by atoms with E-state index in [-0.39, 0.29) is 73.1 Å². The van der Waals surface area contributed by atoms with E-state index in [4.69, 9.17) is 23.1 Å². The van der Waals surface area contributed by atoms with E-state index >= 15 is 0 Å². The topological polar surface area (TPSA) is 322 Å². The van der Waals surface area contributed by atoms with Gasteiger partial charge >= 0.3 is 0 Å². The highest BCUT2D eigenvalue weighted by Crippen LogP contribution is 2.52. The first-order valence-corrected chi connectivity index (χ1v) is 22.2. The van der Waals surface area contributed by atoms with Crippen LogP contribution in [0.2, 0.25) is 5.28 Å². The van der Waals surface area contributed by atoms with Crippen molar-refractivity contribution in [2.24, 2.45) is 0 Å². The van der Waals surface area contributed by atoms with E-state index in [0.717, 1.165) is 12.1 Å². The fraction of sp³-hybridized carbons (Fsp3) is 0. The number of rotatable bonds is 10. The largest absolute Gasteiger partial charge is 0.397 e. The van der Waals surface area contributed by atoms with Crippen LogP contribution in [0.5, 0.6) is 0 Å². The van der Waals surface area contributed by atoms with Crippen LogP contribution in [-0.4, -0.2) is 64.7 Å². The number of nitrogens with two attached hydrogens (primary N) is 2. The molecule has 0 radical (unpaired) electrons. The van der Waals surface area contributed by atoms with Gasteiger partial charge in [0.15, 0.2) is 23.1 Å². The monoisotopic (exact) mass is 931 g/mol. The molecular formula is C43H30ClN9O10S2. The number of carbonyl (C=O) groups excluding carboxylic acids is 4. The lowest BCUT2D eigenvalue weighted by Gasteiger charge is -2.28. The Morgan fingerprint density at radius 2 is 0.785 bits per heavy atom. The number of fused-ring (bicyclic) bond motifs is 4. The SMILES string of the molecule is Nc1c(S(O)(O)O)cc(Nc2ccc(Nc3nc(Cl)nc(Nc4ccc(Nc5cc(S(=O)(=O)O)c(N)c6c5C(=O)c5ccccc5C6=O)cc4)n3)cc2)c2c1C(=O)c1ccccc1C2=O. The summed E-state index contributed by atoms with van der Waals surface area (Å²) in [5.41, 5.74) is 12.3. The maximum Gasteiger partial charge on any atom is 0.296 e. The smallest absolute Gasteiger partial charge is 0.296 e. The summed E-state index contributed by atoms with van der Waals surface area (Å²) in [5.74, 6) is -2.36. The highest BCUT2D eigenvalue weighted by atomic mass is 35.5. The van der Waals surface area contributed by atoms with Gasteiger partial charge in [-0.15, -0.1) is 0 Å². The van der Waals surface area contributed by atoms with E-state index in [0.29, 0.717) is 22.7 Å². The Labute approximate surface area is 373 Å². The lowest BCUT2D eigenvalue weighted by atomic mass is 9.82. The molecule has 0 saturated carbocycles. The Morgan fingerprint density at radius 1 is 0.462 bits per heavy atom. The molecule has 0 saturated heterocycles. The molecule has 65 heavy (non-hydrogen) atoms. The van der Waals surface area contributed by atoms with Crippen LogP contribution in [0.15, 0.2) is 119 Å². The minimum absolute atomic E-state index is 0.0104. The lowest BCUT2D eigenvalue weighted by Crippen LogP contribution is -2.25. The maximum absolute atomic E-state index is 13.7. The van der Waals surface area contributed by atoms with Gasteiger partial charge in [0, 0.05) is 45.0 Å². The molecule has 2 aliphatic rings. The number of hydrogen-bond donors (Lipinski definition) is 10. The number of aromatic nitrogens is 3. The number of benzene rings is 6. The zero-order valence-corrected chi connectivity index (χ0v) is 35.2. The summed E-state index contributed by atoms with van der Waals surface area (Å²) in [6, 6.07) is 27.0. The molecule has 0 atom stereocenters. The highest BCUT2D eigenvalue weighted by Gasteiger charge is 2.38. The first-order chi connectivity index (χ1) is 30.9. The summed E-state index contributed by atoms with van der Waals surface area (Å²) < 4.78 is 65.1. The fourth-order valence-corrected chi connectivity index (χ4v) is 9.01. The van der Waals surface area contributed by atoms with Gasteiger partial charge in [0.05, 0.1) is 49.9 Å². The van der Waals surface area contributed by atoms with Gasteiger partial charge in [0.1, 0.15) is 15.8 Å². The third-order valence-corrected chi connectivity index (χ3v) is 12.4. The molecule has 326 valence electrons. The Kier molecular flexibility index (Phi) is 10.3. The number of ketones is 4. The van der Waals surface area contributed by atoms with Crippen LogP contribution < -0.4 is 32.7 Å². The number of anilines is 10. The number of nitrogen functional groups attached to an aromatic ring is 2. The summed E-state index contributed by atoms with van der Waals surface area (Å²) in [4.78, 5) is 65.8. The van der Waals surface area contributed by atoms with Crippen LogP contribution in [0.3, 0.4) is 0 Å². The van der Waals surface area contributed by atoms with Crippen molar-refractivity contribution < 1.29 is 45.8 Å². The van der Waals surface area contributed by atoms with Crippen molar-refractivity contribution in [2.75, 3.05) is 32.7 Å². The van der Waals surface area contributed by atoms with Crippen LogP contribution in [0.4, 0.5) is 57.4 Å². The van der Waals surface area contributed by atoms with Crippen LogP contribution in [-0.2, 0) is 10.1 Å². The predicted molar refractivity (Wildman–Crippen MR) is 243 cm³/mol. The highest BCUT2D eigenvalue weighted by molar-refractivity contribution is 8.19. The number of nitrogens with zero attached hydrogens (tertiary/aromatic N) is 3. The van der Waals surface area contributed by atoms with Crippen LogP contribution >= 0.6 is 22.5 Å². The second kappa shape index (κ2) is 15.8. The van der Waals surface area contributed by atoms with Gasteiger partial charge in [-0.1, -0.05) is 48.5 Å². The quantitative estimate of drug-likeness (QED) is 0.0458. The van der Waals surface area contributed by atoms with Crippen molar-refractivity contribution in [3.8, 4) is 0 Å². The third kappa shape index (κ3) is 7.74. The summed E-state index contributed by atoms with van der Waals surface area (Å²) in [5, 5.41) is 11.8. The summed E-state index contributed by atoms with van der Waals surface area (Å²) in [7, 11) is -9.35. The normalized spacial score (nSPS) is 13.3. The predicted octanol–water partition coefficient (Wildman–Crippen LogP) is 8.04. The minimum atomic E-state index is -4.92. The second-order valence-corrected chi connectivity index (χ2v) is 17.7. The minimum Gasteiger partial charge on any atom is -0.397 e. The summed E-state index contributed by atoms with van der Waals surface area (Å²) in [6.45, 7) is 0. The van der Waals surface area contributed by atoms with Crippen molar-refractivity contribution in [1.82, 2.24) is 15.0 Å². The van der Waals surface area contributed by atoms with E-state index in [2.05, 4.69) is 36.2 Å². The average Bonchev–Trinajstić information content (AvgIpc) is 3.26. The molecule has 0 fully saturated rings. The molecule has 0 spiro atoms. The van der Waals surface area contributed by atoms with Gasteiger partial charge in [0.2, 0.25) is 17.2 Å². The molecule has 19 nitrogen and oxygen atoms in total. The molecule has 22 heteroatoms. The van der Waals surface area contributed by atoms with Gasteiger partial charge < -0.3 is 46.4 Å². The zero-order chi connectivity index (χ0) is 46.1. The molecule has 1 heterocycles. The van der Waals surface area contributed by atoms with E-state index in [1.165, 1.54) is 24.3 Å². The second-order valence-electron chi connectivity index (χ2n) is 14.5. The van der Waals surface area contributed by atoms with Crippen molar-refractivity contribution in [2.45, 2.75) is 9.79 Å². The van der Waals surface area contributed by atoms with Crippen LogP contribution in [0.25, 0.3) is 0 Å². The summed E-state index contributed by atoms with van der Waals surface area (Å²) >= 11 is 6.25. The van der Waals surface area contributed by atoms with E-state index < -0.39 is 65.3 Å². The van der Waals surface area contributed by atoms with Gasteiger partial charge in [0.25, 0.3) is 10.1 Å². The number of nitrogens with one attached hydrogen (secondary N) is 4. The van der Waals surface area contributed by atoms with Crippen LogP contribution in [0, 0.1) is 0 Å². The van der Waals surface area contributed by atoms with Crippen molar-refractivity contribution in [1.29, 1.82) is 0 Å². The van der Waals surface area contributed by atoms with Gasteiger partial charge in [-0.3, -0.25) is 23.7 Å². The molecule has 6 aromatic carbocycles. The van der Waals surface area contributed by atoms with E-state index in [1.807, 2.05) is 0 Å². The van der Waals surface area contributed by atoms with Gasteiger partial charge in [-0.2, -0.15) is 23.4 Å². The lowest BCUT2D eigenvalue weighted by molar-refractivity contribution is 0.0980. The number of hydrogen-bond acceptors (Lipinski definition) is 18. The first-order valence-electron chi connectivity index (χ1n) is 18.8. The number of halogens is 1. The molecule has 12 N–H and O–H groups in total. The van der Waals surface area contributed by atoms with E-state index in [9.17, 15) is 45.8 Å². The zero-order valence-electron chi connectivity index (χ0n) is 32.8. The standard InChI is InChI=1S/C43H30ClN9O10S2/c44-41-51-42(49-21-13-9-19(10-14-21)47-27-17-29(64(58,59)60)35(45)33-31(27)37(54)23-5-1-3-7-25(23)39(33)56)53-43(52-41)50-22-15-11-20(12-16-22)48-28-18-30(65(61,62)63)36(46)34-32(28)38(55)24-6-2-4-8-26(24)40(34)57/h1-18,47-48,58-60H,45-46H2,(H,61,62,63)(H2,49,50,51,52,53). The molecule has 2 aliphatic carbocycles. The molecule has 0 bridgehead atoms. The van der Waals surface area contributed by atoms with Gasteiger partial charge in [-0.05, 0) is 72.3 Å². The summed E-state index contributed by atoms with van der Waals surface area (Å²) in [6.07, 6.45) is 0. The van der Waals surface area contributed by atoms with Crippen LogP contribution in [0.1, 0.15) is 63.7 Å². The molecule has 0 aliphatic heterocycles. The fourth-order valence-electron chi connectivity index (χ4n) is 7.53. The Hall–Kier alpha value is -7.76. The van der Waals surface area contributed by atoms with Crippen molar-refractivity contribution in [3.63, 3.8) is 0 Å².